The van der Waals surface area contributed by atoms with Gasteiger partial charge in [-0.1, -0.05) is 0 Å². The van der Waals surface area contributed by atoms with Gasteiger partial charge < -0.3 is 5.32 Å². The van der Waals surface area contributed by atoms with Crippen LogP contribution in [0.1, 0.15) is 25.7 Å². The van der Waals surface area contributed by atoms with E-state index in [9.17, 15) is 4.79 Å². The zero-order valence-corrected chi connectivity index (χ0v) is 8.25. The largest absolute Gasteiger partial charge is 0.354 e. The minimum Gasteiger partial charge on any atom is -0.354 e. The third-order valence-electron chi connectivity index (χ3n) is 3.08. The molecule has 0 radical (unpaired) electrons. The van der Waals surface area contributed by atoms with E-state index in [1.54, 1.807) is 0 Å². The lowest BCUT2D eigenvalue weighted by molar-refractivity contribution is -0.125. The van der Waals surface area contributed by atoms with Crippen LogP contribution >= 0.6 is 0 Å². The molecule has 1 amide bonds. The highest BCUT2D eigenvalue weighted by Crippen LogP contribution is 2.27. The molecule has 2 fully saturated rings. The topological polar surface area (TPSA) is 32.3 Å². The molecule has 13 heavy (non-hydrogen) atoms. The maximum absolute atomic E-state index is 11.6. The Kier molecular flexibility index (Phi) is 2.54. The van der Waals surface area contributed by atoms with Gasteiger partial charge in [0.25, 0.3) is 0 Å². The molecule has 0 aromatic heterocycles. The van der Waals surface area contributed by atoms with Crippen LogP contribution in [0.5, 0.6) is 0 Å². The molecule has 1 aliphatic carbocycles. The molecule has 74 valence electrons. The van der Waals surface area contributed by atoms with E-state index >= 15 is 0 Å². The predicted octanol–water partition coefficient (Wildman–Crippen LogP) is 0.607. The number of likely N-dealkylation sites (N-methyl/N-ethyl adjacent to an activating group) is 1. The Hall–Kier alpha value is -0.570. The van der Waals surface area contributed by atoms with Crippen molar-refractivity contribution in [2.45, 2.75) is 31.7 Å². The van der Waals surface area contributed by atoms with Gasteiger partial charge in [0, 0.05) is 6.54 Å². The summed E-state index contributed by atoms with van der Waals surface area (Å²) in [6, 6.07) is 0.152. The Balaban J connectivity index is 1.74. The Labute approximate surface area is 79.5 Å². The van der Waals surface area contributed by atoms with Gasteiger partial charge in [0.15, 0.2) is 0 Å². The summed E-state index contributed by atoms with van der Waals surface area (Å²) in [6.07, 6.45) is 4.81. The zero-order chi connectivity index (χ0) is 9.26. The normalized spacial score (nSPS) is 29.2. The molecule has 1 aliphatic heterocycles. The van der Waals surface area contributed by atoms with Crippen LogP contribution < -0.4 is 5.32 Å². The summed E-state index contributed by atoms with van der Waals surface area (Å²) in [5, 5.41) is 3.04. The first-order valence-corrected chi connectivity index (χ1v) is 5.25. The second kappa shape index (κ2) is 3.66. The molecule has 2 aliphatic rings. The van der Waals surface area contributed by atoms with E-state index in [1.165, 1.54) is 12.8 Å². The van der Waals surface area contributed by atoms with Gasteiger partial charge in [-0.3, -0.25) is 9.69 Å². The van der Waals surface area contributed by atoms with Crippen LogP contribution in [0.4, 0.5) is 0 Å². The Bertz CT molecular complexity index is 201. The standard InChI is InChI=1S/C10H18N2O/c1-12-6-2-3-9(12)10(13)11-7-8-4-5-8/h8-9H,2-7H2,1H3,(H,11,13). The summed E-state index contributed by atoms with van der Waals surface area (Å²) in [5.74, 6) is 1.03. The smallest absolute Gasteiger partial charge is 0.237 e. The van der Waals surface area contributed by atoms with Crippen molar-refractivity contribution in [1.29, 1.82) is 0 Å². The molecule has 1 heterocycles. The van der Waals surface area contributed by atoms with E-state index < -0.39 is 0 Å². The fourth-order valence-corrected chi connectivity index (χ4v) is 1.93. The molecule has 3 heteroatoms. The first-order valence-electron chi connectivity index (χ1n) is 5.25. The quantitative estimate of drug-likeness (QED) is 0.693. The Morgan fingerprint density at radius 2 is 2.23 bits per heavy atom. The van der Waals surface area contributed by atoms with Gasteiger partial charge in [-0.25, -0.2) is 0 Å². The second-order valence-electron chi connectivity index (χ2n) is 4.33. The van der Waals surface area contributed by atoms with Crippen LogP contribution in [0, 0.1) is 5.92 Å². The monoisotopic (exact) mass is 182 g/mol. The molecular formula is C10H18N2O. The summed E-state index contributed by atoms with van der Waals surface area (Å²) < 4.78 is 0. The third-order valence-corrected chi connectivity index (χ3v) is 3.08. The van der Waals surface area contributed by atoms with Gasteiger partial charge in [-0.05, 0) is 45.2 Å². The fraction of sp³-hybridized carbons (Fsp3) is 0.900. The van der Waals surface area contributed by atoms with Gasteiger partial charge >= 0.3 is 0 Å². The van der Waals surface area contributed by atoms with Crippen LogP contribution in [0.15, 0.2) is 0 Å². The van der Waals surface area contributed by atoms with Gasteiger partial charge in [0.1, 0.15) is 0 Å². The van der Waals surface area contributed by atoms with Crippen molar-refractivity contribution in [3.8, 4) is 0 Å². The lowest BCUT2D eigenvalue weighted by Crippen LogP contribution is -2.42. The molecule has 0 aromatic rings. The molecule has 1 saturated carbocycles. The summed E-state index contributed by atoms with van der Waals surface area (Å²) >= 11 is 0. The SMILES string of the molecule is CN1CCCC1C(=O)NCC1CC1. The number of rotatable bonds is 3. The number of nitrogens with one attached hydrogen (secondary N) is 1. The minimum atomic E-state index is 0.152. The minimum absolute atomic E-state index is 0.152. The number of nitrogens with zero attached hydrogens (tertiary/aromatic N) is 1. The molecule has 0 spiro atoms. The summed E-state index contributed by atoms with van der Waals surface area (Å²) in [5.41, 5.74) is 0. The van der Waals surface area contributed by atoms with Crippen molar-refractivity contribution in [2.75, 3.05) is 20.1 Å². The van der Waals surface area contributed by atoms with Crippen LogP contribution in [-0.4, -0.2) is 37.0 Å². The second-order valence-corrected chi connectivity index (χ2v) is 4.33. The highest BCUT2D eigenvalue weighted by atomic mass is 16.2. The fourth-order valence-electron chi connectivity index (χ4n) is 1.93. The van der Waals surface area contributed by atoms with E-state index in [1.807, 2.05) is 7.05 Å². The molecule has 0 bridgehead atoms. The van der Waals surface area contributed by atoms with Crippen LogP contribution in [0.2, 0.25) is 0 Å². The molecule has 1 atom stereocenters. The number of carbonyl (C=O) groups is 1. The molecule has 1 unspecified atom stereocenters. The maximum Gasteiger partial charge on any atom is 0.237 e. The highest BCUT2D eigenvalue weighted by Gasteiger charge is 2.29. The van der Waals surface area contributed by atoms with E-state index in [2.05, 4.69) is 10.2 Å². The van der Waals surface area contributed by atoms with E-state index in [4.69, 9.17) is 0 Å². The van der Waals surface area contributed by atoms with Crippen molar-refractivity contribution in [3.63, 3.8) is 0 Å². The summed E-state index contributed by atoms with van der Waals surface area (Å²) in [7, 11) is 2.04. The lowest BCUT2D eigenvalue weighted by atomic mass is 10.2. The van der Waals surface area contributed by atoms with Gasteiger partial charge in [-0.15, -0.1) is 0 Å². The summed E-state index contributed by atoms with van der Waals surface area (Å²) in [6.45, 7) is 1.98. The molecule has 3 nitrogen and oxygen atoms in total. The van der Waals surface area contributed by atoms with E-state index in [-0.39, 0.29) is 11.9 Å². The number of amides is 1. The first-order chi connectivity index (χ1) is 6.27. The number of likely N-dealkylation sites (tertiary alicyclic amines) is 1. The third kappa shape index (κ3) is 2.21. The zero-order valence-electron chi connectivity index (χ0n) is 8.25. The van der Waals surface area contributed by atoms with Crippen molar-refractivity contribution >= 4 is 5.91 Å². The van der Waals surface area contributed by atoms with Gasteiger partial charge in [0.05, 0.1) is 6.04 Å². The van der Waals surface area contributed by atoms with Crippen molar-refractivity contribution in [3.05, 3.63) is 0 Å². The maximum atomic E-state index is 11.6. The van der Waals surface area contributed by atoms with Crippen LogP contribution in [0.3, 0.4) is 0 Å². The van der Waals surface area contributed by atoms with Gasteiger partial charge in [-0.2, -0.15) is 0 Å². The number of carbonyl (C=O) groups excluding carboxylic acids is 1. The summed E-state index contributed by atoms with van der Waals surface area (Å²) in [4.78, 5) is 13.8. The predicted molar refractivity (Wildman–Crippen MR) is 51.4 cm³/mol. The molecule has 1 N–H and O–H groups in total. The molecular weight excluding hydrogens is 164 g/mol. The van der Waals surface area contributed by atoms with E-state index in [0.29, 0.717) is 0 Å². The Morgan fingerprint density at radius 1 is 1.46 bits per heavy atom. The molecule has 2 rings (SSSR count). The van der Waals surface area contributed by atoms with Gasteiger partial charge in [0.2, 0.25) is 5.91 Å². The average molecular weight is 182 g/mol. The van der Waals surface area contributed by atoms with Crippen molar-refractivity contribution in [2.24, 2.45) is 5.92 Å². The van der Waals surface area contributed by atoms with Crippen molar-refractivity contribution < 1.29 is 4.79 Å². The van der Waals surface area contributed by atoms with Crippen molar-refractivity contribution in [1.82, 2.24) is 10.2 Å². The lowest BCUT2D eigenvalue weighted by Gasteiger charge is -2.18. The first kappa shape index (κ1) is 9.00. The molecule has 1 saturated heterocycles. The molecule has 0 aromatic carbocycles. The highest BCUT2D eigenvalue weighted by molar-refractivity contribution is 5.82. The Morgan fingerprint density at radius 3 is 2.77 bits per heavy atom. The number of hydrogen-bond donors (Lipinski definition) is 1. The van der Waals surface area contributed by atoms with Crippen LogP contribution in [0.25, 0.3) is 0 Å². The average Bonchev–Trinajstić information content (AvgIpc) is 2.84. The van der Waals surface area contributed by atoms with E-state index in [0.717, 1.165) is 31.8 Å². The van der Waals surface area contributed by atoms with Crippen LogP contribution in [-0.2, 0) is 4.79 Å². The number of hydrogen-bond acceptors (Lipinski definition) is 2.